The molecule has 7 heteroatoms. The number of fused-ring (bicyclic) bond motifs is 5. The minimum Gasteiger partial charge on any atom is -0.481 e. The van der Waals surface area contributed by atoms with Gasteiger partial charge in [-0.2, -0.15) is 0 Å². The fourth-order valence-electron chi connectivity index (χ4n) is 8.73. The first kappa shape index (κ1) is 29.1. The van der Waals surface area contributed by atoms with Crippen LogP contribution in [-0.2, 0) is 9.59 Å². The average Bonchev–Trinajstić information content (AvgIpc) is 3.04. The van der Waals surface area contributed by atoms with Crippen molar-refractivity contribution in [2.75, 3.05) is 0 Å². The predicted octanol–water partition coefficient (Wildman–Crippen LogP) is 4.57. The molecule has 0 heterocycles. The maximum atomic E-state index is 11.2. The summed E-state index contributed by atoms with van der Waals surface area (Å²) in [6.45, 7) is 8.25. The van der Waals surface area contributed by atoms with Crippen molar-refractivity contribution in [3.05, 3.63) is 0 Å². The van der Waals surface area contributed by atoms with Crippen LogP contribution in [0.5, 0.6) is 0 Å². The molecule has 33 heavy (non-hydrogen) atoms. The third-order valence-corrected chi connectivity index (χ3v) is 10.2. The number of aliphatic hydroxyl groups is 2. The van der Waals surface area contributed by atoms with Gasteiger partial charge in [0.15, 0.2) is 0 Å². The van der Waals surface area contributed by atoms with Gasteiger partial charge in [-0.25, -0.2) is 0 Å². The molecule has 0 aromatic rings. The second kappa shape index (κ2) is 11.3. The first-order chi connectivity index (χ1) is 14.9. The van der Waals surface area contributed by atoms with Crippen LogP contribution in [0.1, 0.15) is 91.9 Å². The molecule has 0 aliphatic heterocycles. The maximum Gasteiger partial charge on any atom is 0.303 e. The Balaban J connectivity index is 0.000000714. The van der Waals surface area contributed by atoms with E-state index in [4.69, 9.17) is 15.0 Å². The smallest absolute Gasteiger partial charge is 0.303 e. The minimum absolute atomic E-state index is 0. The van der Waals surface area contributed by atoms with E-state index in [9.17, 15) is 15.0 Å². The Bertz CT molecular complexity index is 696. The van der Waals surface area contributed by atoms with Crippen molar-refractivity contribution in [2.24, 2.45) is 46.3 Å². The van der Waals surface area contributed by atoms with E-state index < -0.39 is 11.9 Å². The van der Waals surface area contributed by atoms with Gasteiger partial charge in [0.05, 0.1) is 12.2 Å². The monoisotopic (exact) mass is 690 g/mol. The zero-order valence-electron chi connectivity index (χ0n) is 20.8. The number of hydrogen-bond donors (Lipinski definition) is 4. The first-order valence-corrected chi connectivity index (χ1v) is 12.7. The largest absolute Gasteiger partial charge is 0.481 e. The Hall–Kier alpha value is -0.0881. The summed E-state index contributed by atoms with van der Waals surface area (Å²) >= 11 is 0. The van der Waals surface area contributed by atoms with Crippen LogP contribution in [0, 0.1) is 77.5 Å². The fraction of sp³-hybridized carbons (Fsp3) is 0.923. The van der Waals surface area contributed by atoms with E-state index in [1.54, 1.807) is 0 Å². The van der Waals surface area contributed by atoms with Crippen LogP contribution >= 0.6 is 0 Å². The van der Waals surface area contributed by atoms with Crippen molar-refractivity contribution in [2.45, 2.75) is 104 Å². The van der Waals surface area contributed by atoms with Gasteiger partial charge in [0.2, 0.25) is 0 Å². The van der Waals surface area contributed by atoms with Gasteiger partial charge in [-0.15, -0.1) is 0 Å². The quantitative estimate of drug-likeness (QED) is 0.344. The summed E-state index contributed by atoms with van der Waals surface area (Å²) in [5.41, 5.74) is 0.523. The SMILES string of the molecule is CC(=O)O.C[C@H](CCC(=O)O)[C@H]1CC[C@H]2[C@@H]3[C@@H](O)C[C@@H]4C[C@H](O)CC[C@]4(C)[C@H]3CC[C@]12C.[U]. The van der Waals surface area contributed by atoms with Crippen molar-refractivity contribution in [3.8, 4) is 0 Å². The van der Waals surface area contributed by atoms with Crippen molar-refractivity contribution >= 4 is 11.9 Å². The molecule has 0 aromatic heterocycles. The van der Waals surface area contributed by atoms with Crippen LogP contribution < -0.4 is 0 Å². The summed E-state index contributed by atoms with van der Waals surface area (Å²) in [7, 11) is 0. The number of hydrogen-bond acceptors (Lipinski definition) is 4. The summed E-state index contributed by atoms with van der Waals surface area (Å²) in [5, 5.41) is 38.0. The van der Waals surface area contributed by atoms with Crippen LogP contribution in [0.4, 0.5) is 0 Å². The van der Waals surface area contributed by atoms with Crippen LogP contribution in [-0.4, -0.2) is 44.6 Å². The number of aliphatic carboxylic acids is 2. The molecule has 4 fully saturated rings. The van der Waals surface area contributed by atoms with Crippen LogP contribution in [0.3, 0.4) is 0 Å². The molecule has 0 bridgehead atoms. The normalized spacial score (nSPS) is 44.6. The van der Waals surface area contributed by atoms with E-state index in [0.29, 0.717) is 35.5 Å². The Labute approximate surface area is 222 Å². The molecule has 10 atom stereocenters. The van der Waals surface area contributed by atoms with Crippen molar-refractivity contribution in [3.63, 3.8) is 0 Å². The summed E-state index contributed by atoms with van der Waals surface area (Å²) in [6, 6.07) is 0. The van der Waals surface area contributed by atoms with Crippen molar-refractivity contribution in [1.29, 1.82) is 0 Å². The molecule has 0 spiro atoms. The van der Waals surface area contributed by atoms with Gasteiger partial charge in [0, 0.05) is 44.5 Å². The van der Waals surface area contributed by atoms with Crippen LogP contribution in [0.15, 0.2) is 0 Å². The van der Waals surface area contributed by atoms with Gasteiger partial charge < -0.3 is 20.4 Å². The predicted molar refractivity (Wildman–Crippen MR) is 122 cm³/mol. The molecule has 4 saturated carbocycles. The Morgan fingerprint density at radius 3 is 2.12 bits per heavy atom. The fourth-order valence-corrected chi connectivity index (χ4v) is 8.73. The summed E-state index contributed by atoms with van der Waals surface area (Å²) in [5.74, 6) is 1.52. The zero-order chi connectivity index (χ0) is 23.8. The first-order valence-electron chi connectivity index (χ1n) is 12.7. The third-order valence-electron chi connectivity index (χ3n) is 10.2. The topological polar surface area (TPSA) is 115 Å². The van der Waals surface area contributed by atoms with Gasteiger partial charge in [-0.3, -0.25) is 9.59 Å². The van der Waals surface area contributed by atoms with E-state index in [-0.39, 0.29) is 60.6 Å². The number of rotatable bonds is 4. The molecule has 0 aromatic carbocycles. The molecule has 0 unspecified atom stereocenters. The number of carboxylic acid groups (broad SMARTS) is 2. The van der Waals surface area contributed by atoms with Gasteiger partial charge in [0.25, 0.3) is 5.97 Å². The second-order valence-electron chi connectivity index (χ2n) is 11.9. The summed E-state index contributed by atoms with van der Waals surface area (Å²) in [4.78, 5) is 20.1. The number of carbonyl (C=O) groups is 2. The zero-order valence-corrected chi connectivity index (χ0v) is 25.0. The van der Waals surface area contributed by atoms with Gasteiger partial charge in [-0.1, -0.05) is 20.8 Å². The summed E-state index contributed by atoms with van der Waals surface area (Å²) in [6.07, 6.45) is 9.19. The molecule has 4 aliphatic carbocycles. The molecule has 4 rings (SSSR count). The molecular weight excluding hydrogens is 646 g/mol. The van der Waals surface area contributed by atoms with Crippen LogP contribution in [0.2, 0.25) is 0 Å². The van der Waals surface area contributed by atoms with Crippen molar-refractivity contribution < 1.29 is 61.1 Å². The van der Waals surface area contributed by atoms with E-state index in [0.717, 1.165) is 39.0 Å². The number of carboxylic acids is 2. The van der Waals surface area contributed by atoms with E-state index in [1.165, 1.54) is 25.7 Å². The van der Waals surface area contributed by atoms with Gasteiger partial charge in [-0.05, 0) is 104 Å². The standard InChI is InChI=1S/C24H40O4.C2H4O2.U/c1-14(4-7-21(27)28)17-5-6-18-22-19(9-11-24(17,18)3)23(2)10-8-16(25)12-15(23)13-20(22)26;1-2(3)4;/h14-20,22,25-26H,4-13H2,1-3H3,(H,27,28);1H3,(H,3,4);/t14-,15+,16-,17-,18+,19+,20+,22+,23+,24-;;/m1../s1. The maximum absolute atomic E-state index is 11.2. The molecule has 4 aliphatic rings. The van der Waals surface area contributed by atoms with Gasteiger partial charge in [0.1, 0.15) is 0 Å². The molecule has 188 valence electrons. The van der Waals surface area contributed by atoms with E-state index in [1.807, 2.05) is 0 Å². The Morgan fingerprint density at radius 2 is 1.52 bits per heavy atom. The molecule has 0 saturated heterocycles. The molecule has 0 radical (unpaired) electrons. The molecule has 0 amide bonds. The summed E-state index contributed by atoms with van der Waals surface area (Å²) < 4.78 is 0. The van der Waals surface area contributed by atoms with E-state index in [2.05, 4.69) is 20.8 Å². The second-order valence-corrected chi connectivity index (χ2v) is 11.9. The molecule has 6 nitrogen and oxygen atoms in total. The number of aliphatic hydroxyl groups excluding tert-OH is 2. The minimum atomic E-state index is -0.833. The molecule has 4 N–H and O–H groups in total. The third kappa shape index (κ3) is 5.84. The van der Waals surface area contributed by atoms with Crippen LogP contribution in [0.25, 0.3) is 0 Å². The van der Waals surface area contributed by atoms with E-state index >= 15 is 0 Å². The van der Waals surface area contributed by atoms with Gasteiger partial charge >= 0.3 is 5.97 Å². The molecular formula is C26H44O6U. The van der Waals surface area contributed by atoms with Crippen molar-refractivity contribution in [1.82, 2.24) is 0 Å². The average molecular weight is 691 g/mol. The Morgan fingerprint density at radius 1 is 0.939 bits per heavy atom. The Kier molecular flexibility index (Phi) is 9.99.